The first kappa shape index (κ1) is 19.4. The Bertz CT molecular complexity index is 1040. The summed E-state index contributed by atoms with van der Waals surface area (Å²) in [5.74, 6) is 0.0936. The third-order valence-corrected chi connectivity index (χ3v) is 6.06. The van der Waals surface area contributed by atoms with Crippen molar-refractivity contribution >= 4 is 44.9 Å². The van der Waals surface area contributed by atoms with E-state index >= 15 is 0 Å². The Morgan fingerprint density at radius 1 is 1.37 bits per heavy atom. The number of anilines is 1. The van der Waals surface area contributed by atoms with Crippen molar-refractivity contribution < 1.29 is 9.78 Å². The molecule has 2 N–H and O–H groups in total. The number of thiophene rings is 1. The number of aryl methyl sites for hydroxylation is 2. The fraction of sp³-hybridized carbons (Fsp3) is 0.250. The second kappa shape index (κ2) is 8.54. The molecule has 0 atom stereocenters. The van der Waals surface area contributed by atoms with E-state index in [0.29, 0.717) is 17.1 Å². The zero-order valence-corrected chi connectivity index (χ0v) is 17.0. The summed E-state index contributed by atoms with van der Waals surface area (Å²) >= 11 is 2.85. The van der Waals surface area contributed by atoms with Gasteiger partial charge >= 0.3 is 10.7 Å². The Balaban J connectivity index is 1.76. The molecule has 0 spiro atoms. The maximum atomic E-state index is 12.7. The number of fused-ring (bicyclic) bond motifs is 1. The molecule has 7 heteroatoms. The molecular formula is C20H22N3O2S2+. The fourth-order valence-corrected chi connectivity index (χ4v) is 4.53. The summed E-state index contributed by atoms with van der Waals surface area (Å²) in [6, 6.07) is 9.71. The number of hydrogen-bond acceptors (Lipinski definition) is 4. The van der Waals surface area contributed by atoms with Gasteiger partial charge in [0.1, 0.15) is 11.9 Å². The van der Waals surface area contributed by atoms with E-state index in [1.807, 2.05) is 37.3 Å². The van der Waals surface area contributed by atoms with Crippen molar-refractivity contribution in [1.82, 2.24) is 4.57 Å². The average Bonchev–Trinajstić information content (AvgIpc) is 3.04. The highest BCUT2D eigenvalue weighted by Crippen LogP contribution is 2.21. The first-order chi connectivity index (χ1) is 13.0. The van der Waals surface area contributed by atoms with Gasteiger partial charge in [-0.1, -0.05) is 43.0 Å². The molecule has 3 aromatic rings. The van der Waals surface area contributed by atoms with Crippen LogP contribution in [0.4, 0.5) is 5.69 Å². The molecule has 0 aliphatic rings. The molecule has 0 fully saturated rings. The number of benzene rings is 1. The molecule has 27 heavy (non-hydrogen) atoms. The number of aromatic amines is 1. The highest BCUT2D eigenvalue weighted by molar-refractivity contribution is 7.99. The Kier molecular flexibility index (Phi) is 6.13. The number of nitrogens with one attached hydrogen (secondary N) is 2. The smallest absolute Gasteiger partial charge is 0.325 e. The number of nitrogens with zero attached hydrogens (tertiary/aromatic N) is 1. The summed E-state index contributed by atoms with van der Waals surface area (Å²) in [7, 11) is 0. The second-order valence-electron chi connectivity index (χ2n) is 6.12. The summed E-state index contributed by atoms with van der Waals surface area (Å²) in [6.07, 6.45) is 2.64. The standard InChI is InChI=1S/C20H21N3O2S2/c1-4-10-23-19(25)16-11-13(3)27-18(16)22-20(23)26-12-17(24)21-15-8-6-14(5-2)7-9-15/h4,6-9,11H,1,5,10,12H2,2-3H3,(H,21,24)/p+1. The second-order valence-corrected chi connectivity index (χ2v) is 8.34. The Morgan fingerprint density at radius 3 is 2.78 bits per heavy atom. The van der Waals surface area contributed by atoms with E-state index in [0.717, 1.165) is 21.8 Å². The minimum absolute atomic E-state index is 0.0638. The Hall–Kier alpha value is -2.38. The molecule has 0 aliphatic carbocycles. The van der Waals surface area contributed by atoms with Gasteiger partial charge in [0, 0.05) is 10.6 Å². The minimum atomic E-state index is -0.113. The summed E-state index contributed by atoms with van der Waals surface area (Å²) in [6.45, 7) is 8.19. The molecule has 0 aliphatic heterocycles. The molecule has 2 heterocycles. The van der Waals surface area contributed by atoms with Crippen LogP contribution in [0.3, 0.4) is 0 Å². The zero-order valence-electron chi connectivity index (χ0n) is 15.4. The van der Waals surface area contributed by atoms with E-state index in [1.165, 1.54) is 28.7 Å². The van der Waals surface area contributed by atoms with Crippen molar-refractivity contribution in [3.8, 4) is 0 Å². The van der Waals surface area contributed by atoms with Gasteiger partial charge in [-0.15, -0.1) is 0 Å². The third kappa shape index (κ3) is 4.48. The van der Waals surface area contributed by atoms with Crippen molar-refractivity contribution in [3.05, 3.63) is 63.8 Å². The van der Waals surface area contributed by atoms with Crippen LogP contribution >= 0.6 is 23.1 Å². The van der Waals surface area contributed by atoms with Gasteiger partial charge in [0.25, 0.3) is 0 Å². The van der Waals surface area contributed by atoms with E-state index in [-0.39, 0.29) is 17.2 Å². The molecule has 1 amide bonds. The summed E-state index contributed by atoms with van der Waals surface area (Å²) in [4.78, 5) is 30.2. The van der Waals surface area contributed by atoms with Crippen LogP contribution in [-0.2, 0) is 17.8 Å². The number of amides is 1. The van der Waals surface area contributed by atoms with Crippen LogP contribution in [-0.4, -0.2) is 16.2 Å². The van der Waals surface area contributed by atoms with Crippen molar-refractivity contribution in [2.45, 2.75) is 32.0 Å². The van der Waals surface area contributed by atoms with Gasteiger partial charge in [0.15, 0.2) is 4.83 Å². The van der Waals surface area contributed by atoms with Crippen LogP contribution in [0.1, 0.15) is 17.4 Å². The lowest BCUT2D eigenvalue weighted by molar-refractivity contribution is -0.404. The van der Waals surface area contributed by atoms with Gasteiger partial charge in [-0.2, -0.15) is 4.57 Å². The summed E-state index contributed by atoms with van der Waals surface area (Å²) < 4.78 is 1.62. The summed E-state index contributed by atoms with van der Waals surface area (Å²) in [5.41, 5.74) is 1.94. The molecule has 0 bridgehead atoms. The van der Waals surface area contributed by atoms with E-state index < -0.39 is 0 Å². The van der Waals surface area contributed by atoms with Crippen molar-refractivity contribution in [2.75, 3.05) is 11.1 Å². The van der Waals surface area contributed by atoms with Crippen LogP contribution < -0.4 is 15.9 Å². The first-order valence-corrected chi connectivity index (χ1v) is 10.5. The van der Waals surface area contributed by atoms with Crippen LogP contribution in [0.25, 0.3) is 10.2 Å². The highest BCUT2D eigenvalue weighted by atomic mass is 32.2. The van der Waals surface area contributed by atoms with Crippen LogP contribution in [0, 0.1) is 6.92 Å². The molecule has 3 rings (SSSR count). The molecule has 5 nitrogen and oxygen atoms in total. The average molecular weight is 401 g/mol. The number of thioether (sulfide) groups is 1. The Labute approximate surface area is 166 Å². The van der Waals surface area contributed by atoms with Crippen LogP contribution in [0.15, 0.2) is 52.9 Å². The van der Waals surface area contributed by atoms with E-state index in [2.05, 4.69) is 23.8 Å². The summed E-state index contributed by atoms with van der Waals surface area (Å²) in [5, 5.41) is 4.22. The molecule has 0 saturated carbocycles. The first-order valence-electron chi connectivity index (χ1n) is 8.70. The van der Waals surface area contributed by atoms with Gasteiger partial charge in [-0.25, -0.2) is 9.78 Å². The van der Waals surface area contributed by atoms with Crippen molar-refractivity contribution in [3.63, 3.8) is 0 Å². The van der Waals surface area contributed by atoms with E-state index in [1.54, 1.807) is 10.6 Å². The lowest BCUT2D eigenvalue weighted by atomic mass is 10.1. The lowest BCUT2D eigenvalue weighted by Gasteiger charge is -2.06. The number of aromatic nitrogens is 2. The van der Waals surface area contributed by atoms with Gasteiger partial charge in [0.05, 0.1) is 5.75 Å². The SMILES string of the molecule is C=CCn1c(SCC(=O)Nc2ccc(CC)cc2)[nH+]c2sc(C)cc2c1=O. The predicted octanol–water partition coefficient (Wildman–Crippen LogP) is 3.66. The predicted molar refractivity (Wildman–Crippen MR) is 113 cm³/mol. The molecule has 0 saturated heterocycles. The maximum absolute atomic E-state index is 12.7. The van der Waals surface area contributed by atoms with Crippen molar-refractivity contribution in [1.29, 1.82) is 0 Å². The van der Waals surface area contributed by atoms with E-state index in [9.17, 15) is 9.59 Å². The van der Waals surface area contributed by atoms with Crippen molar-refractivity contribution in [2.24, 2.45) is 0 Å². The monoisotopic (exact) mass is 400 g/mol. The van der Waals surface area contributed by atoms with Gasteiger partial charge in [-0.3, -0.25) is 4.79 Å². The van der Waals surface area contributed by atoms with Crippen LogP contribution in [0.5, 0.6) is 0 Å². The number of carbonyl (C=O) groups is 1. The quantitative estimate of drug-likeness (QED) is 0.374. The number of hydrogen-bond donors (Lipinski definition) is 1. The molecule has 0 radical (unpaired) electrons. The maximum Gasteiger partial charge on any atom is 0.347 e. The lowest BCUT2D eigenvalue weighted by Crippen LogP contribution is -2.29. The largest absolute Gasteiger partial charge is 0.347 e. The molecule has 2 aromatic heterocycles. The topological polar surface area (TPSA) is 65.2 Å². The van der Waals surface area contributed by atoms with Gasteiger partial charge in [0.2, 0.25) is 5.91 Å². The van der Waals surface area contributed by atoms with Gasteiger partial charge in [-0.05, 0) is 48.9 Å². The highest BCUT2D eigenvalue weighted by Gasteiger charge is 2.20. The molecule has 0 unspecified atom stereocenters. The number of rotatable bonds is 7. The van der Waals surface area contributed by atoms with E-state index in [4.69, 9.17) is 0 Å². The Morgan fingerprint density at radius 2 is 2.11 bits per heavy atom. The molecule has 1 aromatic carbocycles. The normalized spacial score (nSPS) is 10.9. The number of carbonyl (C=O) groups excluding carboxylic acids is 1. The minimum Gasteiger partial charge on any atom is -0.325 e. The van der Waals surface area contributed by atoms with Gasteiger partial charge < -0.3 is 5.32 Å². The third-order valence-electron chi connectivity index (χ3n) is 4.09. The fourth-order valence-electron chi connectivity index (χ4n) is 2.73. The zero-order chi connectivity index (χ0) is 19.4. The molecule has 140 valence electrons. The molecular weight excluding hydrogens is 378 g/mol. The van der Waals surface area contributed by atoms with Crippen LogP contribution in [0.2, 0.25) is 0 Å². The number of allylic oxidation sites excluding steroid dienone is 1. The number of H-pyrrole nitrogens is 1.